The molecule has 0 radical (unpaired) electrons. The lowest BCUT2D eigenvalue weighted by molar-refractivity contribution is -0.118. The first kappa shape index (κ1) is 26.7. The van der Waals surface area contributed by atoms with Crippen molar-refractivity contribution < 1.29 is 13.9 Å². The number of rotatable bonds is 9. The Morgan fingerprint density at radius 3 is 2.73 bits per heavy atom. The van der Waals surface area contributed by atoms with Crippen LogP contribution in [0.4, 0.5) is 10.1 Å². The van der Waals surface area contributed by atoms with Crippen LogP contribution in [0.1, 0.15) is 31.2 Å². The highest BCUT2D eigenvalue weighted by atomic mass is 79.9. The van der Waals surface area contributed by atoms with Crippen molar-refractivity contribution in [2.24, 2.45) is 5.10 Å². The molecule has 4 rings (SSSR count). The lowest BCUT2D eigenvalue weighted by Gasteiger charge is -2.10. The van der Waals surface area contributed by atoms with E-state index in [1.165, 1.54) is 16.8 Å². The molecule has 1 amide bonds. The number of benzene rings is 3. The Hall–Kier alpha value is -3.37. The number of hydrogen-bond acceptors (Lipinski definition) is 5. The molecule has 0 aliphatic rings. The van der Waals surface area contributed by atoms with E-state index in [0.717, 1.165) is 17.3 Å². The second-order valence-corrected chi connectivity index (χ2v) is 9.93. The quantitative estimate of drug-likeness (QED) is 0.220. The molecule has 4 aromatic rings. The summed E-state index contributed by atoms with van der Waals surface area (Å²) in [5.41, 5.74) is 1.19. The van der Waals surface area contributed by atoms with E-state index in [-0.39, 0.29) is 17.9 Å². The molecular weight excluding hydrogens is 607 g/mol. The van der Waals surface area contributed by atoms with Crippen LogP contribution in [0.5, 0.6) is 5.75 Å². The Bertz CT molecular complexity index is 1540. The van der Waals surface area contributed by atoms with E-state index in [2.05, 4.69) is 54.2 Å². The van der Waals surface area contributed by atoms with Crippen molar-refractivity contribution in [2.75, 3.05) is 11.9 Å². The predicted molar refractivity (Wildman–Crippen MR) is 150 cm³/mol. The topological polar surface area (TPSA) is 85.6 Å². The van der Waals surface area contributed by atoms with Crippen LogP contribution in [0.15, 0.2) is 79.5 Å². The number of amides is 1. The van der Waals surface area contributed by atoms with E-state index in [0.29, 0.717) is 38.9 Å². The van der Waals surface area contributed by atoms with Crippen LogP contribution in [0, 0.1) is 5.82 Å². The molecule has 1 heterocycles. The van der Waals surface area contributed by atoms with Gasteiger partial charge < -0.3 is 10.1 Å². The normalized spacial score (nSPS) is 11.2. The molecule has 0 fully saturated rings. The fourth-order valence-corrected chi connectivity index (χ4v) is 4.41. The van der Waals surface area contributed by atoms with E-state index in [9.17, 15) is 14.0 Å². The number of aryl methyl sites for hydroxylation is 1. The van der Waals surface area contributed by atoms with Crippen molar-refractivity contribution in [1.29, 1.82) is 0 Å². The number of unbranched alkanes of at least 4 members (excludes halogenated alkanes) is 1. The zero-order valence-electron chi connectivity index (χ0n) is 19.9. The molecule has 0 saturated heterocycles. The Morgan fingerprint density at radius 2 is 1.97 bits per heavy atom. The third kappa shape index (κ3) is 6.69. The Morgan fingerprint density at radius 1 is 1.16 bits per heavy atom. The third-order valence-corrected chi connectivity index (χ3v) is 6.53. The largest absolute Gasteiger partial charge is 0.483 e. The zero-order chi connectivity index (χ0) is 26.4. The van der Waals surface area contributed by atoms with Crippen LogP contribution < -0.4 is 15.6 Å². The minimum Gasteiger partial charge on any atom is -0.483 e. The summed E-state index contributed by atoms with van der Waals surface area (Å²) in [6.45, 7) is 1.78. The van der Waals surface area contributed by atoms with Gasteiger partial charge in [-0.05, 0) is 76.4 Å². The number of fused-ring (bicyclic) bond motifs is 1. The van der Waals surface area contributed by atoms with Gasteiger partial charge in [-0.15, -0.1) is 0 Å². The molecule has 10 heteroatoms. The number of ether oxygens (including phenoxy) is 1. The fraction of sp³-hybridized carbons (Fsp3) is 0.185. The van der Waals surface area contributed by atoms with Crippen molar-refractivity contribution in [2.45, 2.75) is 26.2 Å². The van der Waals surface area contributed by atoms with Crippen LogP contribution in [0.25, 0.3) is 10.9 Å². The maximum absolute atomic E-state index is 13.7. The zero-order valence-corrected chi connectivity index (χ0v) is 23.1. The average Bonchev–Trinajstić information content (AvgIpc) is 2.88. The molecule has 0 saturated carbocycles. The molecule has 0 unspecified atom stereocenters. The lowest BCUT2D eigenvalue weighted by atomic mass is 10.2. The van der Waals surface area contributed by atoms with Gasteiger partial charge in [0.1, 0.15) is 17.4 Å². The predicted octanol–water partition coefficient (Wildman–Crippen LogP) is 6.30. The second kappa shape index (κ2) is 12.2. The number of carbonyl (C=O) groups is 1. The van der Waals surface area contributed by atoms with Crippen molar-refractivity contribution in [1.82, 2.24) is 9.66 Å². The maximum Gasteiger partial charge on any atom is 0.282 e. The first-order valence-electron chi connectivity index (χ1n) is 11.6. The van der Waals surface area contributed by atoms with E-state index < -0.39 is 11.7 Å². The van der Waals surface area contributed by atoms with Gasteiger partial charge in [0.05, 0.1) is 27.3 Å². The molecule has 3 aromatic carbocycles. The minimum absolute atomic E-state index is 0.0887. The number of nitrogens with one attached hydrogen (secondary N) is 1. The van der Waals surface area contributed by atoms with Crippen molar-refractivity contribution in [3.8, 4) is 5.75 Å². The van der Waals surface area contributed by atoms with Crippen LogP contribution in [-0.4, -0.2) is 28.4 Å². The van der Waals surface area contributed by atoms with E-state index in [1.54, 1.807) is 42.6 Å². The summed E-state index contributed by atoms with van der Waals surface area (Å²) >= 11 is 6.85. The average molecular weight is 630 g/mol. The number of nitrogens with zero attached hydrogens (tertiary/aromatic N) is 3. The molecule has 0 atom stereocenters. The van der Waals surface area contributed by atoms with E-state index in [4.69, 9.17) is 4.74 Å². The van der Waals surface area contributed by atoms with Gasteiger partial charge in [0.2, 0.25) is 0 Å². The van der Waals surface area contributed by atoms with Gasteiger partial charge in [-0.1, -0.05) is 41.4 Å². The highest BCUT2D eigenvalue weighted by Gasteiger charge is 2.12. The van der Waals surface area contributed by atoms with Crippen LogP contribution >= 0.6 is 31.9 Å². The number of aromatic nitrogens is 2. The van der Waals surface area contributed by atoms with Gasteiger partial charge >= 0.3 is 0 Å². The number of hydrogen-bond donors (Lipinski definition) is 1. The standard InChI is InChI=1S/C27H23Br2FN4O3/c1-2-3-8-25-32-22-11-10-18(28)14-19(22)27(36)34(25)31-15-17-9-12-24(20(29)13-17)37-16-26(35)33-23-7-5-4-6-21(23)30/h4-7,9-15H,2-3,8,16H2,1H3,(H,33,35). The monoisotopic (exact) mass is 628 g/mol. The fourth-order valence-electron chi connectivity index (χ4n) is 3.54. The molecule has 1 N–H and O–H groups in total. The summed E-state index contributed by atoms with van der Waals surface area (Å²) in [6.07, 6.45) is 4.04. The molecule has 1 aromatic heterocycles. The minimum atomic E-state index is -0.521. The molecular formula is C27H23Br2FN4O3. The van der Waals surface area contributed by atoms with Crippen molar-refractivity contribution >= 4 is 60.6 Å². The van der Waals surface area contributed by atoms with Gasteiger partial charge in [0, 0.05) is 10.9 Å². The van der Waals surface area contributed by atoms with Crippen LogP contribution in [-0.2, 0) is 11.2 Å². The van der Waals surface area contributed by atoms with Crippen LogP contribution in [0.2, 0.25) is 0 Å². The van der Waals surface area contributed by atoms with Crippen molar-refractivity contribution in [3.63, 3.8) is 0 Å². The summed E-state index contributed by atoms with van der Waals surface area (Å²) in [6, 6.07) is 16.5. The molecule has 37 heavy (non-hydrogen) atoms. The molecule has 0 aliphatic heterocycles. The smallest absolute Gasteiger partial charge is 0.282 e. The first-order chi connectivity index (χ1) is 17.9. The van der Waals surface area contributed by atoms with Gasteiger partial charge in [0.15, 0.2) is 6.61 Å². The number of anilines is 1. The molecule has 0 bridgehead atoms. The van der Waals surface area contributed by atoms with E-state index >= 15 is 0 Å². The van der Waals surface area contributed by atoms with Crippen molar-refractivity contribution in [3.05, 3.63) is 97.2 Å². The number of halogens is 3. The summed E-state index contributed by atoms with van der Waals surface area (Å²) in [5.74, 6) is 0.0144. The number of para-hydroxylation sites is 1. The van der Waals surface area contributed by atoms with Gasteiger partial charge in [-0.2, -0.15) is 9.78 Å². The van der Waals surface area contributed by atoms with E-state index in [1.807, 2.05) is 12.1 Å². The highest BCUT2D eigenvalue weighted by Crippen LogP contribution is 2.26. The second-order valence-electron chi connectivity index (χ2n) is 8.16. The highest BCUT2D eigenvalue weighted by molar-refractivity contribution is 9.10. The Balaban J connectivity index is 1.51. The Labute approximate surface area is 229 Å². The van der Waals surface area contributed by atoms with Crippen LogP contribution in [0.3, 0.4) is 0 Å². The summed E-state index contributed by atoms with van der Waals surface area (Å²) in [5, 5.41) is 7.40. The summed E-state index contributed by atoms with van der Waals surface area (Å²) < 4.78 is 22.0. The lowest BCUT2D eigenvalue weighted by Crippen LogP contribution is -2.22. The molecule has 0 spiro atoms. The molecule has 0 aliphatic carbocycles. The maximum atomic E-state index is 13.7. The van der Waals surface area contributed by atoms with Gasteiger partial charge in [0.25, 0.3) is 11.5 Å². The Kier molecular flexibility index (Phi) is 8.83. The summed E-state index contributed by atoms with van der Waals surface area (Å²) in [7, 11) is 0. The number of carbonyl (C=O) groups excluding carboxylic acids is 1. The third-order valence-electron chi connectivity index (χ3n) is 5.41. The van der Waals surface area contributed by atoms with Gasteiger partial charge in [-0.3, -0.25) is 9.59 Å². The van der Waals surface area contributed by atoms with Gasteiger partial charge in [-0.25, -0.2) is 9.37 Å². The molecule has 190 valence electrons. The summed E-state index contributed by atoms with van der Waals surface area (Å²) in [4.78, 5) is 30.0. The first-order valence-corrected chi connectivity index (χ1v) is 13.2. The SMILES string of the molecule is CCCCc1nc2ccc(Br)cc2c(=O)n1N=Cc1ccc(OCC(=O)Nc2ccccc2F)c(Br)c1. The molecule has 7 nitrogen and oxygen atoms in total.